The molecule has 0 saturated heterocycles. The standard InChI is InChI=1S/C14H17FO3/c15-12-8-11(9-16)4-5-13(12)18-10-14(17)6-2-1-3-7-14/h4-5,8-9,17H,1-3,6-7,10H2. The summed E-state index contributed by atoms with van der Waals surface area (Å²) in [4.78, 5) is 10.5. The number of hydrogen-bond acceptors (Lipinski definition) is 3. The van der Waals surface area contributed by atoms with Crippen LogP contribution in [-0.4, -0.2) is 23.6 Å². The number of aldehydes is 1. The first-order valence-corrected chi connectivity index (χ1v) is 6.23. The van der Waals surface area contributed by atoms with Crippen molar-refractivity contribution in [2.45, 2.75) is 37.7 Å². The maximum atomic E-state index is 13.6. The second-order valence-corrected chi connectivity index (χ2v) is 4.88. The first-order chi connectivity index (χ1) is 8.63. The zero-order valence-corrected chi connectivity index (χ0v) is 10.2. The monoisotopic (exact) mass is 252 g/mol. The Morgan fingerprint density at radius 3 is 2.67 bits per heavy atom. The van der Waals surface area contributed by atoms with Gasteiger partial charge in [0.15, 0.2) is 11.6 Å². The predicted octanol–water partition coefficient (Wildman–Crippen LogP) is 2.71. The molecule has 0 bridgehead atoms. The van der Waals surface area contributed by atoms with Gasteiger partial charge in [0.25, 0.3) is 0 Å². The van der Waals surface area contributed by atoms with Gasteiger partial charge in [-0.05, 0) is 31.0 Å². The molecule has 1 N–H and O–H groups in total. The van der Waals surface area contributed by atoms with Crippen molar-refractivity contribution in [3.05, 3.63) is 29.6 Å². The van der Waals surface area contributed by atoms with E-state index in [0.717, 1.165) is 25.3 Å². The first-order valence-electron chi connectivity index (χ1n) is 6.23. The Morgan fingerprint density at radius 2 is 2.06 bits per heavy atom. The number of benzene rings is 1. The van der Waals surface area contributed by atoms with Crippen LogP contribution in [0.1, 0.15) is 42.5 Å². The lowest BCUT2D eigenvalue weighted by molar-refractivity contribution is -0.0347. The molecule has 1 fully saturated rings. The SMILES string of the molecule is O=Cc1ccc(OCC2(O)CCCCC2)c(F)c1. The summed E-state index contributed by atoms with van der Waals surface area (Å²) in [6, 6.07) is 4.05. The van der Waals surface area contributed by atoms with Gasteiger partial charge in [0, 0.05) is 5.56 Å². The van der Waals surface area contributed by atoms with E-state index in [0.29, 0.717) is 19.1 Å². The molecule has 18 heavy (non-hydrogen) atoms. The van der Waals surface area contributed by atoms with Crippen LogP contribution in [0.25, 0.3) is 0 Å². The van der Waals surface area contributed by atoms with Crippen molar-refractivity contribution in [3.8, 4) is 5.75 Å². The number of hydrogen-bond donors (Lipinski definition) is 1. The van der Waals surface area contributed by atoms with E-state index >= 15 is 0 Å². The molecule has 0 unspecified atom stereocenters. The van der Waals surface area contributed by atoms with Gasteiger partial charge in [-0.1, -0.05) is 19.3 Å². The lowest BCUT2D eigenvalue weighted by Crippen LogP contribution is -2.38. The van der Waals surface area contributed by atoms with Gasteiger partial charge in [-0.2, -0.15) is 0 Å². The van der Waals surface area contributed by atoms with E-state index in [4.69, 9.17) is 4.74 Å². The summed E-state index contributed by atoms with van der Waals surface area (Å²) < 4.78 is 18.9. The van der Waals surface area contributed by atoms with E-state index in [2.05, 4.69) is 0 Å². The van der Waals surface area contributed by atoms with Crippen LogP contribution in [0, 0.1) is 5.82 Å². The van der Waals surface area contributed by atoms with Crippen molar-refractivity contribution < 1.29 is 19.0 Å². The third kappa shape index (κ3) is 3.07. The summed E-state index contributed by atoms with van der Waals surface area (Å²) in [5.74, 6) is -0.487. The maximum Gasteiger partial charge on any atom is 0.165 e. The normalized spacial score (nSPS) is 18.3. The smallest absolute Gasteiger partial charge is 0.165 e. The summed E-state index contributed by atoms with van der Waals surface area (Å²) >= 11 is 0. The van der Waals surface area contributed by atoms with Gasteiger partial charge in [-0.25, -0.2) is 4.39 Å². The molecule has 2 rings (SSSR count). The van der Waals surface area contributed by atoms with Gasteiger partial charge >= 0.3 is 0 Å². The van der Waals surface area contributed by atoms with Crippen molar-refractivity contribution in [1.82, 2.24) is 0 Å². The number of aliphatic hydroxyl groups is 1. The zero-order chi connectivity index (χ0) is 13.0. The number of carbonyl (C=O) groups is 1. The number of ether oxygens (including phenoxy) is 1. The predicted molar refractivity (Wildman–Crippen MR) is 65.3 cm³/mol. The van der Waals surface area contributed by atoms with E-state index in [1.807, 2.05) is 0 Å². The van der Waals surface area contributed by atoms with E-state index in [1.54, 1.807) is 0 Å². The zero-order valence-electron chi connectivity index (χ0n) is 10.2. The van der Waals surface area contributed by atoms with Crippen molar-refractivity contribution in [2.75, 3.05) is 6.61 Å². The van der Waals surface area contributed by atoms with Gasteiger partial charge in [0.2, 0.25) is 0 Å². The van der Waals surface area contributed by atoms with Gasteiger partial charge in [-0.15, -0.1) is 0 Å². The highest BCUT2D eigenvalue weighted by Crippen LogP contribution is 2.29. The lowest BCUT2D eigenvalue weighted by atomic mass is 9.85. The molecule has 0 aromatic heterocycles. The Hall–Kier alpha value is -1.42. The molecule has 0 radical (unpaired) electrons. The van der Waals surface area contributed by atoms with Gasteiger partial charge < -0.3 is 9.84 Å². The summed E-state index contributed by atoms with van der Waals surface area (Å²) in [5, 5.41) is 10.2. The summed E-state index contributed by atoms with van der Waals surface area (Å²) in [7, 11) is 0. The minimum absolute atomic E-state index is 0.0830. The van der Waals surface area contributed by atoms with Crippen molar-refractivity contribution >= 4 is 6.29 Å². The second kappa shape index (κ2) is 5.48. The van der Waals surface area contributed by atoms with Gasteiger partial charge in [-0.3, -0.25) is 4.79 Å². The van der Waals surface area contributed by atoms with Gasteiger partial charge in [0.1, 0.15) is 12.9 Å². The highest BCUT2D eigenvalue weighted by atomic mass is 19.1. The Balaban J connectivity index is 1.99. The molecule has 0 spiro atoms. The molecule has 4 heteroatoms. The van der Waals surface area contributed by atoms with Crippen LogP contribution in [0.2, 0.25) is 0 Å². The molecular formula is C14H17FO3. The van der Waals surface area contributed by atoms with E-state index < -0.39 is 11.4 Å². The first kappa shape index (κ1) is 13.0. The molecular weight excluding hydrogens is 235 g/mol. The van der Waals surface area contributed by atoms with Gasteiger partial charge in [0.05, 0.1) is 5.60 Å². The number of carbonyl (C=O) groups excluding carboxylic acids is 1. The number of rotatable bonds is 4. The maximum absolute atomic E-state index is 13.6. The fourth-order valence-corrected chi connectivity index (χ4v) is 2.27. The Morgan fingerprint density at radius 1 is 1.33 bits per heavy atom. The number of halogens is 1. The summed E-state index contributed by atoms with van der Waals surface area (Å²) in [6.45, 7) is 0.102. The lowest BCUT2D eigenvalue weighted by Gasteiger charge is -2.31. The molecule has 1 aromatic carbocycles. The quantitative estimate of drug-likeness (QED) is 0.838. The average molecular weight is 252 g/mol. The van der Waals surface area contributed by atoms with Crippen molar-refractivity contribution in [3.63, 3.8) is 0 Å². The fourth-order valence-electron chi connectivity index (χ4n) is 2.27. The summed E-state index contributed by atoms with van der Waals surface area (Å²) in [5.41, 5.74) is -0.565. The van der Waals surface area contributed by atoms with Crippen LogP contribution in [0.5, 0.6) is 5.75 Å². The van der Waals surface area contributed by atoms with Crippen molar-refractivity contribution in [2.24, 2.45) is 0 Å². The van der Waals surface area contributed by atoms with Crippen LogP contribution in [0.15, 0.2) is 18.2 Å². The highest BCUT2D eigenvalue weighted by Gasteiger charge is 2.30. The van der Waals surface area contributed by atoms with Crippen molar-refractivity contribution in [1.29, 1.82) is 0 Å². The van der Waals surface area contributed by atoms with Crippen LogP contribution >= 0.6 is 0 Å². The third-order valence-corrected chi connectivity index (χ3v) is 3.37. The van der Waals surface area contributed by atoms with Crippen LogP contribution in [-0.2, 0) is 0 Å². The molecule has 0 heterocycles. The second-order valence-electron chi connectivity index (χ2n) is 4.88. The van der Waals surface area contributed by atoms with E-state index in [9.17, 15) is 14.3 Å². The molecule has 1 saturated carbocycles. The molecule has 1 aliphatic carbocycles. The molecule has 0 amide bonds. The van der Waals surface area contributed by atoms with Crippen LogP contribution < -0.4 is 4.74 Å². The third-order valence-electron chi connectivity index (χ3n) is 3.37. The Labute approximate surface area is 106 Å². The average Bonchev–Trinajstić information content (AvgIpc) is 2.38. The molecule has 0 atom stereocenters. The van der Waals surface area contributed by atoms with Crippen LogP contribution in [0.4, 0.5) is 4.39 Å². The highest BCUT2D eigenvalue weighted by molar-refractivity contribution is 5.74. The topological polar surface area (TPSA) is 46.5 Å². The Kier molecular flexibility index (Phi) is 3.97. The van der Waals surface area contributed by atoms with E-state index in [1.165, 1.54) is 12.1 Å². The minimum Gasteiger partial charge on any atom is -0.488 e. The molecule has 98 valence electrons. The largest absolute Gasteiger partial charge is 0.488 e. The fraction of sp³-hybridized carbons (Fsp3) is 0.500. The van der Waals surface area contributed by atoms with Crippen LogP contribution in [0.3, 0.4) is 0 Å². The molecule has 1 aliphatic rings. The minimum atomic E-state index is -0.839. The summed E-state index contributed by atoms with van der Waals surface area (Å²) in [6.07, 6.45) is 5.06. The molecule has 0 aliphatic heterocycles. The van der Waals surface area contributed by atoms with E-state index in [-0.39, 0.29) is 17.9 Å². The molecule has 3 nitrogen and oxygen atoms in total. The Bertz CT molecular complexity index is 425. The molecule has 1 aromatic rings.